The summed E-state index contributed by atoms with van der Waals surface area (Å²) in [5.74, 6) is -0.321. The van der Waals surface area contributed by atoms with Crippen LogP contribution in [0.3, 0.4) is 0 Å². The number of rotatable bonds is 8. The van der Waals surface area contributed by atoms with Crippen molar-refractivity contribution in [1.29, 1.82) is 0 Å². The summed E-state index contributed by atoms with van der Waals surface area (Å²) in [6.45, 7) is 5.61. The predicted octanol–water partition coefficient (Wildman–Crippen LogP) is 2.46. The molecule has 2 aromatic heterocycles. The van der Waals surface area contributed by atoms with Crippen LogP contribution in [-0.2, 0) is 6.54 Å². The van der Waals surface area contributed by atoms with Crippen molar-refractivity contribution in [2.24, 2.45) is 0 Å². The van der Waals surface area contributed by atoms with Crippen LogP contribution >= 0.6 is 11.3 Å². The van der Waals surface area contributed by atoms with Crippen LogP contribution in [0.25, 0.3) is 0 Å². The third kappa shape index (κ3) is 6.50. The van der Waals surface area contributed by atoms with Crippen LogP contribution in [-0.4, -0.2) is 59.9 Å². The maximum Gasteiger partial charge on any atom is 0.317 e. The molecule has 28 heavy (non-hydrogen) atoms. The maximum atomic E-state index is 12.5. The molecule has 4 N–H and O–H groups in total. The fourth-order valence-electron chi connectivity index (χ4n) is 2.38. The molecule has 8 nitrogen and oxygen atoms in total. The summed E-state index contributed by atoms with van der Waals surface area (Å²) in [5.41, 5.74) is 8.04. The molecule has 0 aliphatic heterocycles. The zero-order valence-electron chi connectivity index (χ0n) is 16.7. The third-order valence-corrected chi connectivity index (χ3v) is 4.65. The van der Waals surface area contributed by atoms with Crippen molar-refractivity contribution in [2.75, 3.05) is 38.2 Å². The molecular weight excluding hydrogens is 376 g/mol. The molecular formula is C19H28N6O2S. The number of nitrogens with zero attached hydrogens (tertiary/aromatic N) is 3. The van der Waals surface area contributed by atoms with Gasteiger partial charge in [0.05, 0.1) is 11.4 Å². The minimum atomic E-state index is -0.321. The Morgan fingerprint density at radius 1 is 1.21 bits per heavy atom. The molecule has 9 heteroatoms. The minimum Gasteiger partial charge on any atom is -0.396 e. The third-order valence-electron chi connectivity index (χ3n) is 3.89. The van der Waals surface area contributed by atoms with Gasteiger partial charge in [-0.15, -0.1) is 11.3 Å². The number of amides is 3. The lowest BCUT2D eigenvalue weighted by Crippen LogP contribution is -2.45. The first kappa shape index (κ1) is 21.6. The molecule has 0 bridgehead atoms. The van der Waals surface area contributed by atoms with E-state index in [0.29, 0.717) is 30.2 Å². The van der Waals surface area contributed by atoms with E-state index in [4.69, 9.17) is 5.73 Å². The van der Waals surface area contributed by atoms with E-state index in [1.165, 1.54) is 11.3 Å². The molecule has 2 heterocycles. The van der Waals surface area contributed by atoms with Crippen molar-refractivity contribution in [2.45, 2.75) is 26.4 Å². The van der Waals surface area contributed by atoms with Crippen LogP contribution in [0.2, 0.25) is 0 Å². The zero-order valence-corrected chi connectivity index (χ0v) is 17.5. The Balaban J connectivity index is 2.03. The summed E-state index contributed by atoms with van der Waals surface area (Å²) in [7, 11) is 3.93. The average Bonchev–Trinajstić information content (AvgIpc) is 3.03. The monoisotopic (exact) mass is 404 g/mol. The van der Waals surface area contributed by atoms with Gasteiger partial charge in [0.1, 0.15) is 5.69 Å². The van der Waals surface area contributed by atoms with Gasteiger partial charge < -0.3 is 26.2 Å². The Morgan fingerprint density at radius 3 is 2.50 bits per heavy atom. The number of anilines is 2. The molecule has 0 saturated carbocycles. The first-order chi connectivity index (χ1) is 13.3. The number of aromatic nitrogens is 1. The zero-order chi connectivity index (χ0) is 20.7. The van der Waals surface area contributed by atoms with E-state index in [9.17, 15) is 9.59 Å². The number of nitrogens with two attached hydrogens (primary N) is 1. The van der Waals surface area contributed by atoms with E-state index in [1.807, 2.05) is 38.9 Å². The lowest BCUT2D eigenvalue weighted by Gasteiger charge is -2.25. The lowest BCUT2D eigenvalue weighted by atomic mass is 10.2. The summed E-state index contributed by atoms with van der Waals surface area (Å²) in [6, 6.07) is 3.40. The SMILES string of the molecule is CC(C)NC(=O)N(CCN(C)C)Cc1ccc(C(=O)Nc2cscc2N)nc1. The van der Waals surface area contributed by atoms with E-state index in [1.54, 1.807) is 27.9 Å². The van der Waals surface area contributed by atoms with Crippen molar-refractivity contribution in [3.05, 3.63) is 40.3 Å². The molecule has 0 saturated heterocycles. The van der Waals surface area contributed by atoms with Gasteiger partial charge in [-0.3, -0.25) is 9.78 Å². The number of carbonyl (C=O) groups excluding carboxylic acids is 2. The van der Waals surface area contributed by atoms with Crippen LogP contribution < -0.4 is 16.4 Å². The smallest absolute Gasteiger partial charge is 0.317 e. The highest BCUT2D eigenvalue weighted by Gasteiger charge is 2.16. The molecule has 0 aromatic carbocycles. The van der Waals surface area contributed by atoms with Gasteiger partial charge in [0, 0.05) is 42.6 Å². The molecule has 0 spiro atoms. The Morgan fingerprint density at radius 2 is 1.96 bits per heavy atom. The molecule has 2 aromatic rings. The van der Waals surface area contributed by atoms with Crippen molar-refractivity contribution in [3.63, 3.8) is 0 Å². The quantitative estimate of drug-likeness (QED) is 0.627. The van der Waals surface area contributed by atoms with Crippen LogP contribution in [0, 0.1) is 0 Å². The number of likely N-dealkylation sites (N-methyl/N-ethyl adjacent to an activating group) is 1. The van der Waals surface area contributed by atoms with Crippen LogP contribution in [0.15, 0.2) is 29.1 Å². The number of hydrogen-bond acceptors (Lipinski definition) is 6. The number of urea groups is 1. The molecule has 0 atom stereocenters. The standard InChI is InChI=1S/C19H28N6O2S/c1-13(2)22-19(27)25(8-7-24(3)4)10-14-5-6-16(21-9-14)18(26)23-17-12-28-11-15(17)20/h5-6,9,11-13H,7-8,10,20H2,1-4H3,(H,22,27)(H,23,26). The second-order valence-corrected chi connectivity index (χ2v) is 7.82. The Hall–Kier alpha value is -2.65. The number of hydrogen-bond donors (Lipinski definition) is 3. The van der Waals surface area contributed by atoms with E-state index >= 15 is 0 Å². The fourth-order valence-corrected chi connectivity index (χ4v) is 3.05. The van der Waals surface area contributed by atoms with Crippen LogP contribution in [0.1, 0.15) is 29.9 Å². The van der Waals surface area contributed by atoms with Crippen LogP contribution in [0.5, 0.6) is 0 Å². The van der Waals surface area contributed by atoms with Crippen LogP contribution in [0.4, 0.5) is 16.2 Å². The maximum absolute atomic E-state index is 12.5. The number of pyridine rings is 1. The molecule has 0 fully saturated rings. The van der Waals surface area contributed by atoms with E-state index in [-0.39, 0.29) is 18.0 Å². The molecule has 0 aliphatic rings. The first-order valence-electron chi connectivity index (χ1n) is 9.04. The minimum absolute atomic E-state index is 0.0584. The fraction of sp³-hybridized carbons (Fsp3) is 0.421. The van der Waals surface area contributed by atoms with Gasteiger partial charge in [-0.05, 0) is 39.6 Å². The number of nitrogen functional groups attached to an aromatic ring is 1. The normalized spacial score (nSPS) is 10.9. The van der Waals surface area contributed by atoms with Gasteiger partial charge in [0.15, 0.2) is 0 Å². The molecule has 0 aliphatic carbocycles. The highest BCUT2D eigenvalue weighted by molar-refractivity contribution is 7.09. The topological polar surface area (TPSA) is 104 Å². The highest BCUT2D eigenvalue weighted by atomic mass is 32.1. The van der Waals surface area contributed by atoms with Gasteiger partial charge in [-0.1, -0.05) is 6.07 Å². The molecule has 3 amide bonds. The number of nitrogens with one attached hydrogen (secondary N) is 2. The van der Waals surface area contributed by atoms with Gasteiger partial charge in [0.2, 0.25) is 0 Å². The van der Waals surface area contributed by atoms with E-state index in [2.05, 4.69) is 15.6 Å². The molecule has 152 valence electrons. The molecule has 0 radical (unpaired) electrons. The Bertz CT molecular complexity index is 788. The summed E-state index contributed by atoms with van der Waals surface area (Å²) >= 11 is 1.42. The molecule has 0 unspecified atom stereocenters. The van der Waals surface area contributed by atoms with Gasteiger partial charge in [0.25, 0.3) is 5.91 Å². The summed E-state index contributed by atoms with van der Waals surface area (Å²) in [5, 5.41) is 9.20. The number of carbonyl (C=O) groups is 2. The number of thiophene rings is 1. The summed E-state index contributed by atoms with van der Waals surface area (Å²) in [6.07, 6.45) is 1.62. The Kier molecular flexibility index (Phi) is 7.77. The highest BCUT2D eigenvalue weighted by Crippen LogP contribution is 2.23. The van der Waals surface area contributed by atoms with Crippen molar-refractivity contribution in [1.82, 2.24) is 20.1 Å². The molecule has 2 rings (SSSR count). The second kappa shape index (κ2) is 10.0. The van der Waals surface area contributed by atoms with Gasteiger partial charge in [-0.25, -0.2) is 4.79 Å². The average molecular weight is 405 g/mol. The summed E-state index contributed by atoms with van der Waals surface area (Å²) in [4.78, 5) is 32.8. The Labute approximate surface area is 169 Å². The summed E-state index contributed by atoms with van der Waals surface area (Å²) < 4.78 is 0. The first-order valence-corrected chi connectivity index (χ1v) is 9.98. The van der Waals surface area contributed by atoms with Crippen molar-refractivity contribution >= 4 is 34.6 Å². The van der Waals surface area contributed by atoms with Gasteiger partial charge >= 0.3 is 6.03 Å². The second-order valence-electron chi connectivity index (χ2n) is 7.08. The largest absolute Gasteiger partial charge is 0.396 e. The van der Waals surface area contributed by atoms with Gasteiger partial charge in [-0.2, -0.15) is 0 Å². The van der Waals surface area contributed by atoms with E-state index < -0.39 is 0 Å². The van der Waals surface area contributed by atoms with E-state index in [0.717, 1.165) is 12.1 Å². The lowest BCUT2D eigenvalue weighted by molar-refractivity contribution is 0.102. The van der Waals surface area contributed by atoms with Crippen molar-refractivity contribution < 1.29 is 9.59 Å². The predicted molar refractivity (Wildman–Crippen MR) is 114 cm³/mol. The van der Waals surface area contributed by atoms with Crippen molar-refractivity contribution in [3.8, 4) is 0 Å².